The van der Waals surface area contributed by atoms with E-state index >= 15 is 0 Å². The molecular formula is C16H18N2O2. The molecule has 0 aliphatic carbocycles. The Kier molecular flexibility index (Phi) is 3.32. The summed E-state index contributed by atoms with van der Waals surface area (Å²) in [5.74, 6) is 0.562. The molecule has 3 rings (SSSR count). The van der Waals surface area contributed by atoms with Crippen LogP contribution in [0, 0.1) is 6.92 Å². The first-order valence-corrected chi connectivity index (χ1v) is 6.89. The summed E-state index contributed by atoms with van der Waals surface area (Å²) in [7, 11) is 0. The molecule has 104 valence electrons. The maximum absolute atomic E-state index is 10.5. The molecule has 2 aromatic heterocycles. The molecule has 1 unspecified atom stereocenters. The summed E-state index contributed by atoms with van der Waals surface area (Å²) < 4.78 is 7.65. The van der Waals surface area contributed by atoms with E-state index in [2.05, 4.69) is 12.0 Å². The van der Waals surface area contributed by atoms with Crippen LogP contribution in [0.4, 0.5) is 0 Å². The van der Waals surface area contributed by atoms with Crippen LogP contribution in [0.1, 0.15) is 36.5 Å². The number of aromatic nitrogens is 2. The first-order valence-electron chi connectivity index (χ1n) is 6.89. The van der Waals surface area contributed by atoms with E-state index in [9.17, 15) is 5.11 Å². The molecule has 20 heavy (non-hydrogen) atoms. The van der Waals surface area contributed by atoms with Gasteiger partial charge in [0.1, 0.15) is 11.3 Å². The van der Waals surface area contributed by atoms with E-state index in [1.807, 2.05) is 41.9 Å². The highest BCUT2D eigenvalue weighted by molar-refractivity contribution is 5.81. The van der Waals surface area contributed by atoms with Crippen molar-refractivity contribution in [3.8, 4) is 0 Å². The maximum Gasteiger partial charge on any atom is 0.153 e. The van der Waals surface area contributed by atoms with Crippen molar-refractivity contribution >= 4 is 11.0 Å². The van der Waals surface area contributed by atoms with Gasteiger partial charge in [-0.2, -0.15) is 5.10 Å². The summed E-state index contributed by atoms with van der Waals surface area (Å²) in [5, 5.41) is 15.8. The van der Waals surface area contributed by atoms with Gasteiger partial charge in [-0.1, -0.05) is 25.1 Å². The molecule has 0 spiro atoms. The Morgan fingerprint density at radius 3 is 2.95 bits per heavy atom. The quantitative estimate of drug-likeness (QED) is 0.790. The van der Waals surface area contributed by atoms with E-state index in [-0.39, 0.29) is 0 Å². The molecule has 4 heteroatoms. The Bertz CT molecular complexity index is 727. The van der Waals surface area contributed by atoms with Crippen molar-refractivity contribution in [2.75, 3.05) is 0 Å². The van der Waals surface area contributed by atoms with Gasteiger partial charge in [0, 0.05) is 18.1 Å². The number of aliphatic hydroxyl groups excluding tert-OH is 1. The Balaban J connectivity index is 2.01. The third-order valence-electron chi connectivity index (χ3n) is 3.49. The van der Waals surface area contributed by atoms with E-state index < -0.39 is 6.10 Å². The molecule has 1 atom stereocenters. The second-order valence-electron chi connectivity index (χ2n) is 5.02. The molecule has 1 aromatic carbocycles. The van der Waals surface area contributed by atoms with Crippen LogP contribution in [0.2, 0.25) is 0 Å². The summed E-state index contributed by atoms with van der Waals surface area (Å²) in [5.41, 5.74) is 2.68. The van der Waals surface area contributed by atoms with Crippen LogP contribution in [-0.2, 0) is 6.54 Å². The summed E-state index contributed by atoms with van der Waals surface area (Å²) in [6, 6.07) is 9.72. The van der Waals surface area contributed by atoms with Gasteiger partial charge in [-0.15, -0.1) is 0 Å². The molecule has 1 N–H and O–H groups in total. The number of rotatable bonds is 4. The summed E-state index contributed by atoms with van der Waals surface area (Å²) in [4.78, 5) is 0. The molecule has 0 saturated carbocycles. The fourth-order valence-electron chi connectivity index (χ4n) is 2.48. The van der Waals surface area contributed by atoms with Crippen LogP contribution in [0.5, 0.6) is 0 Å². The van der Waals surface area contributed by atoms with Crippen molar-refractivity contribution in [3.63, 3.8) is 0 Å². The number of para-hydroxylation sites is 1. The zero-order valence-corrected chi connectivity index (χ0v) is 11.7. The van der Waals surface area contributed by atoms with Crippen LogP contribution in [0.15, 0.2) is 40.9 Å². The highest BCUT2D eigenvalue weighted by atomic mass is 16.4. The van der Waals surface area contributed by atoms with Crippen molar-refractivity contribution in [2.24, 2.45) is 0 Å². The highest BCUT2D eigenvalue weighted by Crippen LogP contribution is 2.29. The van der Waals surface area contributed by atoms with Crippen LogP contribution in [0.3, 0.4) is 0 Å². The monoisotopic (exact) mass is 270 g/mol. The van der Waals surface area contributed by atoms with Crippen LogP contribution >= 0.6 is 0 Å². The number of benzene rings is 1. The Morgan fingerprint density at radius 1 is 1.35 bits per heavy atom. The largest absolute Gasteiger partial charge is 0.458 e. The normalized spacial score (nSPS) is 12.9. The maximum atomic E-state index is 10.5. The first-order chi connectivity index (χ1) is 9.70. The number of fused-ring (bicyclic) bond motifs is 1. The summed E-state index contributed by atoms with van der Waals surface area (Å²) in [6.07, 6.45) is 1.90. The number of hydrogen-bond donors (Lipinski definition) is 1. The third-order valence-corrected chi connectivity index (χ3v) is 3.49. The molecule has 4 nitrogen and oxygen atoms in total. The van der Waals surface area contributed by atoms with E-state index in [1.165, 1.54) is 0 Å². The molecule has 0 amide bonds. The van der Waals surface area contributed by atoms with E-state index in [0.717, 1.165) is 35.2 Å². The lowest BCUT2D eigenvalue weighted by Crippen LogP contribution is -2.09. The standard InChI is InChI=1S/C16H18N2O2/c1-3-9-18-13(7-8-17-18)15(19)14-10-12-6-4-5-11(2)16(12)20-14/h4-8,10,15,19H,3,9H2,1-2H3. The van der Waals surface area contributed by atoms with E-state index in [0.29, 0.717) is 5.76 Å². The molecular weight excluding hydrogens is 252 g/mol. The number of nitrogens with zero attached hydrogens (tertiary/aromatic N) is 2. The second-order valence-corrected chi connectivity index (χ2v) is 5.02. The van der Waals surface area contributed by atoms with Gasteiger partial charge in [0.25, 0.3) is 0 Å². The number of furan rings is 1. The Hall–Kier alpha value is -2.07. The SMILES string of the molecule is CCCn1nccc1C(O)c1cc2cccc(C)c2o1. The molecule has 0 fully saturated rings. The lowest BCUT2D eigenvalue weighted by atomic mass is 10.1. The summed E-state index contributed by atoms with van der Waals surface area (Å²) >= 11 is 0. The molecule has 0 bridgehead atoms. The minimum Gasteiger partial charge on any atom is -0.458 e. The second kappa shape index (κ2) is 5.13. The van der Waals surface area contributed by atoms with Crippen LogP contribution in [-0.4, -0.2) is 14.9 Å². The molecule has 0 aliphatic rings. The molecule has 0 radical (unpaired) electrons. The van der Waals surface area contributed by atoms with Crippen molar-refractivity contribution in [1.82, 2.24) is 9.78 Å². The van der Waals surface area contributed by atoms with Crippen molar-refractivity contribution in [2.45, 2.75) is 32.9 Å². The van der Waals surface area contributed by atoms with Crippen molar-refractivity contribution in [3.05, 3.63) is 53.5 Å². The Morgan fingerprint density at radius 2 is 2.20 bits per heavy atom. The zero-order valence-electron chi connectivity index (χ0n) is 11.7. The lowest BCUT2D eigenvalue weighted by molar-refractivity contribution is 0.180. The number of aliphatic hydroxyl groups is 1. The van der Waals surface area contributed by atoms with Gasteiger partial charge in [-0.05, 0) is 31.0 Å². The lowest BCUT2D eigenvalue weighted by Gasteiger charge is -2.10. The predicted molar refractivity (Wildman–Crippen MR) is 77.5 cm³/mol. The zero-order chi connectivity index (χ0) is 14.1. The smallest absolute Gasteiger partial charge is 0.153 e. The van der Waals surface area contributed by atoms with Gasteiger partial charge in [-0.3, -0.25) is 4.68 Å². The predicted octanol–water partition coefficient (Wildman–Crippen LogP) is 3.43. The van der Waals surface area contributed by atoms with Gasteiger partial charge in [0.2, 0.25) is 0 Å². The van der Waals surface area contributed by atoms with Gasteiger partial charge in [-0.25, -0.2) is 0 Å². The third kappa shape index (κ3) is 2.12. The molecule has 0 saturated heterocycles. The molecule has 3 aromatic rings. The molecule has 0 aliphatic heterocycles. The van der Waals surface area contributed by atoms with Crippen LogP contribution in [0.25, 0.3) is 11.0 Å². The first kappa shape index (κ1) is 12.9. The highest BCUT2D eigenvalue weighted by Gasteiger charge is 2.19. The van der Waals surface area contributed by atoms with Gasteiger partial charge in [0.15, 0.2) is 6.10 Å². The van der Waals surface area contributed by atoms with E-state index in [4.69, 9.17) is 4.42 Å². The minimum atomic E-state index is -0.782. The number of aryl methyl sites for hydroxylation is 2. The topological polar surface area (TPSA) is 51.2 Å². The van der Waals surface area contributed by atoms with Crippen LogP contribution < -0.4 is 0 Å². The van der Waals surface area contributed by atoms with E-state index in [1.54, 1.807) is 6.20 Å². The average Bonchev–Trinajstić information content (AvgIpc) is 3.05. The minimum absolute atomic E-state index is 0.562. The van der Waals surface area contributed by atoms with Gasteiger partial charge in [0.05, 0.1) is 5.69 Å². The van der Waals surface area contributed by atoms with Gasteiger partial charge < -0.3 is 9.52 Å². The molecule has 2 heterocycles. The Labute approximate surface area is 117 Å². The number of hydrogen-bond acceptors (Lipinski definition) is 3. The van der Waals surface area contributed by atoms with Gasteiger partial charge >= 0.3 is 0 Å². The summed E-state index contributed by atoms with van der Waals surface area (Å²) in [6.45, 7) is 4.88. The van der Waals surface area contributed by atoms with Crippen molar-refractivity contribution in [1.29, 1.82) is 0 Å². The average molecular weight is 270 g/mol. The van der Waals surface area contributed by atoms with Crippen molar-refractivity contribution < 1.29 is 9.52 Å². The fraction of sp³-hybridized carbons (Fsp3) is 0.312. The fourth-order valence-corrected chi connectivity index (χ4v) is 2.48.